The lowest BCUT2D eigenvalue weighted by molar-refractivity contribution is 0.0593. The zero-order valence-corrected chi connectivity index (χ0v) is 17.7. The van der Waals surface area contributed by atoms with Gasteiger partial charge in [-0.05, 0) is 67.1 Å². The molecule has 0 aliphatic carbocycles. The maximum Gasteiger partial charge on any atom is 0.270 e. The van der Waals surface area contributed by atoms with Gasteiger partial charge in [0.2, 0.25) is 0 Å². The van der Waals surface area contributed by atoms with Crippen molar-refractivity contribution >= 4 is 15.7 Å². The van der Waals surface area contributed by atoms with E-state index >= 15 is 0 Å². The molecular weight excluding hydrogens is 415 g/mol. The molecule has 31 heavy (non-hydrogen) atoms. The van der Waals surface area contributed by atoms with E-state index in [2.05, 4.69) is 4.98 Å². The highest BCUT2D eigenvalue weighted by atomic mass is 32.2. The molecule has 2 fully saturated rings. The Hall–Kier alpha value is -2.93. The first-order valence-corrected chi connectivity index (χ1v) is 12.0. The number of sulfone groups is 1. The number of nitrogens with zero attached hydrogens (tertiary/aromatic N) is 1. The zero-order valence-electron chi connectivity index (χ0n) is 16.9. The molecule has 1 amide bonds. The minimum absolute atomic E-state index is 0.0766. The quantitative estimate of drug-likeness (QED) is 0.655. The standard InChI is InChI=1S/C24H23FN2O3S/c25-18-8-6-16(7-9-18)17-12-23(26-15-17)24(28)27-19-10-11-20(27)14-22(13-19)31(29,30)21-4-2-1-3-5-21/h1-9,12,15,19-20,22,26H,10-11,13-14H2. The highest BCUT2D eigenvalue weighted by molar-refractivity contribution is 7.92. The number of hydrogen-bond acceptors (Lipinski definition) is 3. The van der Waals surface area contributed by atoms with E-state index in [9.17, 15) is 17.6 Å². The van der Waals surface area contributed by atoms with Crippen LogP contribution in [0.4, 0.5) is 4.39 Å². The first-order valence-electron chi connectivity index (χ1n) is 10.5. The number of H-pyrrole nitrogens is 1. The summed E-state index contributed by atoms with van der Waals surface area (Å²) < 4.78 is 39.4. The molecule has 3 heterocycles. The molecule has 2 bridgehead atoms. The summed E-state index contributed by atoms with van der Waals surface area (Å²) in [6.45, 7) is 0. The lowest BCUT2D eigenvalue weighted by atomic mass is 10.0. The maximum absolute atomic E-state index is 13.3. The Morgan fingerprint density at radius 2 is 1.58 bits per heavy atom. The molecule has 7 heteroatoms. The van der Waals surface area contributed by atoms with Crippen LogP contribution in [-0.2, 0) is 9.84 Å². The van der Waals surface area contributed by atoms with Gasteiger partial charge < -0.3 is 9.88 Å². The molecule has 2 unspecified atom stereocenters. The summed E-state index contributed by atoms with van der Waals surface area (Å²) >= 11 is 0. The second-order valence-corrected chi connectivity index (χ2v) is 10.6. The van der Waals surface area contributed by atoms with Crippen LogP contribution in [0.1, 0.15) is 36.2 Å². The summed E-state index contributed by atoms with van der Waals surface area (Å²) in [5.74, 6) is -0.406. The summed E-state index contributed by atoms with van der Waals surface area (Å²) in [4.78, 5) is 18.5. The van der Waals surface area contributed by atoms with Crippen LogP contribution in [0.25, 0.3) is 11.1 Å². The van der Waals surface area contributed by atoms with E-state index in [1.54, 1.807) is 54.7 Å². The van der Waals surface area contributed by atoms with E-state index in [1.807, 2.05) is 4.90 Å². The van der Waals surface area contributed by atoms with Crippen LogP contribution in [-0.4, -0.2) is 41.5 Å². The first-order chi connectivity index (χ1) is 14.9. The summed E-state index contributed by atoms with van der Waals surface area (Å²) in [6.07, 6.45) is 4.32. The van der Waals surface area contributed by atoms with Crippen molar-refractivity contribution in [3.05, 3.63) is 78.4 Å². The fourth-order valence-corrected chi connectivity index (χ4v) is 6.85. The smallest absolute Gasteiger partial charge is 0.270 e. The number of carbonyl (C=O) groups is 1. The van der Waals surface area contributed by atoms with Gasteiger partial charge in [-0.25, -0.2) is 12.8 Å². The molecule has 3 aromatic rings. The predicted molar refractivity (Wildman–Crippen MR) is 116 cm³/mol. The minimum atomic E-state index is -3.41. The highest BCUT2D eigenvalue weighted by Crippen LogP contribution is 2.40. The van der Waals surface area contributed by atoms with E-state index < -0.39 is 15.1 Å². The molecule has 1 aromatic heterocycles. The van der Waals surface area contributed by atoms with Crippen LogP contribution < -0.4 is 0 Å². The van der Waals surface area contributed by atoms with Gasteiger partial charge in [0.15, 0.2) is 9.84 Å². The fraction of sp³-hybridized carbons (Fsp3) is 0.292. The normalized spacial score (nSPS) is 23.1. The second-order valence-electron chi connectivity index (χ2n) is 8.36. The Morgan fingerprint density at radius 3 is 2.23 bits per heavy atom. The van der Waals surface area contributed by atoms with Crippen molar-refractivity contribution in [3.8, 4) is 11.1 Å². The van der Waals surface area contributed by atoms with Crippen molar-refractivity contribution in [2.75, 3.05) is 0 Å². The molecule has 2 aromatic carbocycles. The second kappa shape index (κ2) is 7.64. The number of nitrogens with one attached hydrogen (secondary N) is 1. The van der Waals surface area contributed by atoms with Crippen molar-refractivity contribution in [1.82, 2.24) is 9.88 Å². The van der Waals surface area contributed by atoms with Crippen LogP contribution in [0.3, 0.4) is 0 Å². The largest absolute Gasteiger partial charge is 0.357 e. The number of fused-ring (bicyclic) bond motifs is 2. The summed E-state index contributed by atoms with van der Waals surface area (Å²) in [6, 6.07) is 16.3. The Labute approximate surface area is 180 Å². The van der Waals surface area contributed by atoms with Gasteiger partial charge in [-0.1, -0.05) is 30.3 Å². The summed E-state index contributed by atoms with van der Waals surface area (Å²) in [5, 5.41) is -0.463. The van der Waals surface area contributed by atoms with Gasteiger partial charge in [-0.3, -0.25) is 4.79 Å². The number of piperidine rings is 1. The lowest BCUT2D eigenvalue weighted by Gasteiger charge is -2.38. The van der Waals surface area contributed by atoms with Gasteiger partial charge in [-0.15, -0.1) is 0 Å². The number of aromatic amines is 1. The van der Waals surface area contributed by atoms with E-state index in [0.717, 1.165) is 24.0 Å². The van der Waals surface area contributed by atoms with Gasteiger partial charge >= 0.3 is 0 Å². The summed E-state index contributed by atoms with van der Waals surface area (Å²) in [5.41, 5.74) is 2.12. The molecular formula is C24H23FN2O3S. The molecule has 5 nitrogen and oxygen atoms in total. The van der Waals surface area contributed by atoms with Gasteiger partial charge in [-0.2, -0.15) is 0 Å². The average Bonchev–Trinajstić information content (AvgIpc) is 3.37. The van der Waals surface area contributed by atoms with Crippen molar-refractivity contribution in [2.45, 2.75) is 47.9 Å². The lowest BCUT2D eigenvalue weighted by Crippen LogP contribution is -2.49. The number of hydrogen-bond donors (Lipinski definition) is 1. The van der Waals surface area contributed by atoms with Gasteiger partial charge in [0.05, 0.1) is 10.1 Å². The van der Waals surface area contributed by atoms with Gasteiger partial charge in [0.1, 0.15) is 11.5 Å². The molecule has 2 saturated heterocycles. The number of halogens is 1. The van der Waals surface area contributed by atoms with Crippen LogP contribution in [0.15, 0.2) is 71.8 Å². The highest BCUT2D eigenvalue weighted by Gasteiger charge is 2.47. The summed E-state index contributed by atoms with van der Waals surface area (Å²) in [7, 11) is -3.41. The van der Waals surface area contributed by atoms with E-state index in [-0.39, 0.29) is 23.8 Å². The molecule has 0 spiro atoms. The van der Waals surface area contributed by atoms with Crippen molar-refractivity contribution in [1.29, 1.82) is 0 Å². The third-order valence-corrected chi connectivity index (χ3v) is 8.72. The number of rotatable bonds is 4. The molecule has 2 aliphatic heterocycles. The van der Waals surface area contributed by atoms with Crippen molar-refractivity contribution in [2.24, 2.45) is 0 Å². The fourth-order valence-electron chi connectivity index (χ4n) is 4.98. The molecule has 160 valence electrons. The first kappa shape index (κ1) is 20.0. The van der Waals surface area contributed by atoms with E-state index in [1.165, 1.54) is 12.1 Å². The van der Waals surface area contributed by atoms with Crippen LogP contribution in [0.5, 0.6) is 0 Å². The molecule has 1 N–H and O–H groups in total. The van der Waals surface area contributed by atoms with Crippen LogP contribution in [0.2, 0.25) is 0 Å². The third-order valence-electron chi connectivity index (χ3n) is 6.53. The van der Waals surface area contributed by atoms with Gasteiger partial charge in [0, 0.05) is 18.3 Å². The topological polar surface area (TPSA) is 70.2 Å². The van der Waals surface area contributed by atoms with E-state index in [0.29, 0.717) is 23.4 Å². The molecule has 5 rings (SSSR count). The molecule has 2 aliphatic rings. The Balaban J connectivity index is 1.35. The monoisotopic (exact) mass is 438 g/mol. The average molecular weight is 439 g/mol. The molecule has 2 atom stereocenters. The van der Waals surface area contributed by atoms with Crippen molar-refractivity contribution < 1.29 is 17.6 Å². The maximum atomic E-state index is 13.3. The van der Waals surface area contributed by atoms with Crippen molar-refractivity contribution in [3.63, 3.8) is 0 Å². The predicted octanol–water partition coefficient (Wildman–Crippen LogP) is 4.43. The van der Waals surface area contributed by atoms with Crippen LogP contribution in [0, 0.1) is 5.82 Å². The Kier molecular flexibility index (Phi) is 4.93. The van der Waals surface area contributed by atoms with E-state index in [4.69, 9.17) is 0 Å². The number of benzene rings is 2. The molecule has 0 saturated carbocycles. The number of amides is 1. The minimum Gasteiger partial charge on any atom is -0.357 e. The zero-order chi connectivity index (χ0) is 21.6. The number of carbonyl (C=O) groups excluding carboxylic acids is 1. The Bertz CT molecular complexity index is 1190. The third kappa shape index (κ3) is 3.57. The molecule has 0 radical (unpaired) electrons. The Morgan fingerprint density at radius 1 is 0.935 bits per heavy atom. The SMILES string of the molecule is O=C(c1cc(-c2ccc(F)cc2)c[nH]1)N1C2CCC1CC(S(=O)(=O)c1ccccc1)C2. The van der Waals surface area contributed by atoms with Gasteiger partial charge in [0.25, 0.3) is 5.91 Å². The number of aromatic nitrogens is 1. The van der Waals surface area contributed by atoms with Crippen LogP contribution >= 0.6 is 0 Å².